The molecule has 2 rings (SSSR count). The molecule has 1 saturated heterocycles. The first-order valence-electron chi connectivity index (χ1n) is 5.53. The monoisotopic (exact) mass is 291 g/mol. The zero-order chi connectivity index (χ0) is 13.3. The Morgan fingerprint density at radius 1 is 1.37 bits per heavy atom. The average molecular weight is 292 g/mol. The minimum absolute atomic E-state index is 0. The van der Waals surface area contributed by atoms with Crippen LogP contribution < -0.4 is 10.6 Å². The summed E-state index contributed by atoms with van der Waals surface area (Å²) in [5.41, 5.74) is 5.52. The number of rotatable bonds is 1. The zero-order valence-electron chi connectivity index (χ0n) is 9.94. The number of halogens is 4. The first-order chi connectivity index (χ1) is 8.41. The number of nitriles is 1. The minimum Gasteiger partial charge on any atom is -0.369 e. The molecular weight excluding hydrogens is 279 g/mol. The van der Waals surface area contributed by atoms with E-state index >= 15 is 0 Å². The number of nitrogens with two attached hydrogens (primary N) is 1. The largest absolute Gasteiger partial charge is 0.416 e. The Bertz CT molecular complexity index is 496. The molecule has 0 bridgehead atoms. The van der Waals surface area contributed by atoms with Crippen molar-refractivity contribution in [2.75, 3.05) is 18.0 Å². The quantitative estimate of drug-likeness (QED) is 0.865. The van der Waals surface area contributed by atoms with Crippen molar-refractivity contribution in [2.24, 2.45) is 5.73 Å². The van der Waals surface area contributed by atoms with E-state index < -0.39 is 11.7 Å². The fourth-order valence-electron chi connectivity index (χ4n) is 2.08. The third kappa shape index (κ3) is 3.31. The molecule has 1 heterocycles. The highest BCUT2D eigenvalue weighted by atomic mass is 35.5. The summed E-state index contributed by atoms with van der Waals surface area (Å²) in [6.45, 7) is 1.24. The maximum absolute atomic E-state index is 12.5. The third-order valence-corrected chi connectivity index (χ3v) is 3.01. The summed E-state index contributed by atoms with van der Waals surface area (Å²) in [5, 5.41) is 8.96. The fourth-order valence-corrected chi connectivity index (χ4v) is 2.08. The second kappa shape index (κ2) is 5.68. The topological polar surface area (TPSA) is 53.0 Å². The van der Waals surface area contributed by atoms with Gasteiger partial charge in [0.1, 0.15) is 6.07 Å². The molecule has 104 valence electrons. The van der Waals surface area contributed by atoms with Crippen molar-refractivity contribution in [3.63, 3.8) is 0 Å². The van der Waals surface area contributed by atoms with Gasteiger partial charge < -0.3 is 10.6 Å². The summed E-state index contributed by atoms with van der Waals surface area (Å²) >= 11 is 0. The summed E-state index contributed by atoms with van der Waals surface area (Å²) < 4.78 is 37.6. The van der Waals surface area contributed by atoms with E-state index in [0.29, 0.717) is 18.8 Å². The number of nitrogens with zero attached hydrogens (tertiary/aromatic N) is 2. The van der Waals surface area contributed by atoms with Gasteiger partial charge in [0, 0.05) is 19.1 Å². The summed E-state index contributed by atoms with van der Waals surface area (Å²) in [6.07, 6.45) is -3.64. The van der Waals surface area contributed by atoms with Crippen LogP contribution in [0.25, 0.3) is 0 Å². The smallest absolute Gasteiger partial charge is 0.369 e. The lowest BCUT2D eigenvalue weighted by atomic mass is 10.1. The molecule has 0 amide bonds. The van der Waals surface area contributed by atoms with Crippen molar-refractivity contribution in [1.29, 1.82) is 5.26 Å². The van der Waals surface area contributed by atoms with Crippen LogP contribution in [0.2, 0.25) is 0 Å². The van der Waals surface area contributed by atoms with E-state index in [4.69, 9.17) is 11.0 Å². The van der Waals surface area contributed by atoms with E-state index in [1.54, 1.807) is 0 Å². The molecule has 1 unspecified atom stereocenters. The fraction of sp³-hybridized carbons (Fsp3) is 0.417. The Hall–Kier alpha value is -1.45. The van der Waals surface area contributed by atoms with E-state index in [9.17, 15) is 13.2 Å². The first kappa shape index (κ1) is 15.6. The highest BCUT2D eigenvalue weighted by molar-refractivity contribution is 5.85. The number of hydrogen-bond acceptors (Lipinski definition) is 3. The lowest BCUT2D eigenvalue weighted by Crippen LogP contribution is -2.26. The number of alkyl halides is 3. The van der Waals surface area contributed by atoms with Gasteiger partial charge in [0.15, 0.2) is 0 Å². The number of hydrogen-bond donors (Lipinski definition) is 1. The van der Waals surface area contributed by atoms with Gasteiger partial charge in [-0.2, -0.15) is 18.4 Å². The third-order valence-electron chi connectivity index (χ3n) is 3.01. The first-order valence-corrected chi connectivity index (χ1v) is 5.53. The van der Waals surface area contributed by atoms with Gasteiger partial charge in [0.2, 0.25) is 0 Å². The minimum atomic E-state index is -4.43. The van der Waals surface area contributed by atoms with Crippen molar-refractivity contribution < 1.29 is 13.2 Å². The van der Waals surface area contributed by atoms with Gasteiger partial charge in [0.05, 0.1) is 16.8 Å². The molecule has 7 heteroatoms. The van der Waals surface area contributed by atoms with Crippen LogP contribution in [0.1, 0.15) is 17.5 Å². The molecule has 0 aliphatic carbocycles. The summed E-state index contributed by atoms with van der Waals surface area (Å²) in [6, 6.07) is 5.06. The Balaban J connectivity index is 0.00000180. The Kier molecular flexibility index (Phi) is 4.66. The predicted molar refractivity (Wildman–Crippen MR) is 68.2 cm³/mol. The van der Waals surface area contributed by atoms with Gasteiger partial charge in [-0.1, -0.05) is 0 Å². The van der Waals surface area contributed by atoms with E-state index in [2.05, 4.69) is 0 Å². The second-order valence-corrected chi connectivity index (χ2v) is 4.34. The van der Waals surface area contributed by atoms with Crippen molar-refractivity contribution >= 4 is 18.1 Å². The van der Waals surface area contributed by atoms with Gasteiger partial charge in [0.25, 0.3) is 0 Å². The number of benzene rings is 1. The van der Waals surface area contributed by atoms with Crippen molar-refractivity contribution in [1.82, 2.24) is 0 Å². The van der Waals surface area contributed by atoms with Crippen LogP contribution in [0.4, 0.5) is 18.9 Å². The maximum Gasteiger partial charge on any atom is 0.416 e. The Morgan fingerprint density at radius 2 is 2.05 bits per heavy atom. The average Bonchev–Trinajstić information content (AvgIpc) is 2.73. The standard InChI is InChI=1S/C12H12F3N3.ClH/c13-12(14,15)9-1-2-11(8(5-9)6-16)18-4-3-10(17)7-18;/h1-2,5,10H,3-4,7,17H2;1H. The molecular formula is C12H13ClF3N3. The van der Waals surface area contributed by atoms with Crippen LogP contribution in [0, 0.1) is 11.3 Å². The van der Waals surface area contributed by atoms with E-state index in [0.717, 1.165) is 18.6 Å². The lowest BCUT2D eigenvalue weighted by molar-refractivity contribution is -0.137. The van der Waals surface area contributed by atoms with Gasteiger partial charge in [-0.3, -0.25) is 0 Å². The molecule has 0 radical (unpaired) electrons. The SMILES string of the molecule is Cl.N#Cc1cc(C(F)(F)F)ccc1N1CCC(N)C1. The molecule has 2 N–H and O–H groups in total. The molecule has 1 atom stereocenters. The van der Waals surface area contributed by atoms with Crippen LogP contribution in [0.3, 0.4) is 0 Å². The van der Waals surface area contributed by atoms with Crippen LogP contribution in [-0.4, -0.2) is 19.1 Å². The van der Waals surface area contributed by atoms with Gasteiger partial charge in [-0.05, 0) is 24.6 Å². The van der Waals surface area contributed by atoms with Crippen LogP contribution in [-0.2, 0) is 6.18 Å². The molecule has 1 aliphatic rings. The van der Waals surface area contributed by atoms with Crippen LogP contribution in [0.5, 0.6) is 0 Å². The molecule has 1 aromatic rings. The molecule has 0 aromatic heterocycles. The van der Waals surface area contributed by atoms with Crippen molar-refractivity contribution in [3.05, 3.63) is 29.3 Å². The molecule has 0 saturated carbocycles. The Morgan fingerprint density at radius 3 is 2.53 bits per heavy atom. The molecule has 19 heavy (non-hydrogen) atoms. The van der Waals surface area contributed by atoms with Crippen LogP contribution in [0.15, 0.2) is 18.2 Å². The number of anilines is 1. The normalized spacial score (nSPS) is 18.9. The Labute approximate surface area is 115 Å². The molecule has 0 spiro atoms. The van der Waals surface area contributed by atoms with Crippen molar-refractivity contribution in [2.45, 2.75) is 18.6 Å². The van der Waals surface area contributed by atoms with E-state index in [1.807, 2.05) is 11.0 Å². The summed E-state index contributed by atoms with van der Waals surface area (Å²) in [4.78, 5) is 1.85. The zero-order valence-corrected chi connectivity index (χ0v) is 10.8. The second-order valence-electron chi connectivity index (χ2n) is 4.34. The van der Waals surface area contributed by atoms with E-state index in [1.165, 1.54) is 6.07 Å². The highest BCUT2D eigenvalue weighted by Gasteiger charge is 2.32. The molecule has 1 fully saturated rings. The molecule has 3 nitrogen and oxygen atoms in total. The summed E-state index contributed by atoms with van der Waals surface area (Å²) in [5.74, 6) is 0. The maximum atomic E-state index is 12.5. The van der Waals surface area contributed by atoms with Gasteiger partial charge >= 0.3 is 6.18 Å². The van der Waals surface area contributed by atoms with Crippen LogP contribution >= 0.6 is 12.4 Å². The molecule has 1 aliphatic heterocycles. The lowest BCUT2D eigenvalue weighted by Gasteiger charge is -2.20. The summed E-state index contributed by atoms with van der Waals surface area (Å²) in [7, 11) is 0. The van der Waals surface area contributed by atoms with E-state index in [-0.39, 0.29) is 24.0 Å². The van der Waals surface area contributed by atoms with Gasteiger partial charge in [-0.15, -0.1) is 12.4 Å². The predicted octanol–water partition coefficient (Wildman–Crippen LogP) is 2.54. The van der Waals surface area contributed by atoms with Gasteiger partial charge in [-0.25, -0.2) is 0 Å². The molecule has 1 aromatic carbocycles. The highest BCUT2D eigenvalue weighted by Crippen LogP contribution is 2.33. The van der Waals surface area contributed by atoms with Crippen molar-refractivity contribution in [3.8, 4) is 6.07 Å².